The summed E-state index contributed by atoms with van der Waals surface area (Å²) in [5.41, 5.74) is 0.646. The number of carbonyl (C=O) groups is 1. The molecule has 2 rings (SSSR count). The number of hydrogen-bond donors (Lipinski definition) is 3. The van der Waals surface area contributed by atoms with Crippen LogP contribution in [-0.4, -0.2) is 39.5 Å². The van der Waals surface area contributed by atoms with E-state index in [1.165, 1.54) is 36.4 Å². The second-order valence-electron chi connectivity index (χ2n) is 5.47. The number of thioether (sulfide) groups is 1. The summed E-state index contributed by atoms with van der Waals surface area (Å²) in [5, 5.41) is 31.9. The highest BCUT2D eigenvalue weighted by molar-refractivity contribution is 7.99. The van der Waals surface area contributed by atoms with Gasteiger partial charge in [0.15, 0.2) is 0 Å². The minimum Gasteiger partial charge on any atom is -0.394 e. The smallest absolute Gasteiger partial charge is 0.272 e. The lowest BCUT2D eigenvalue weighted by atomic mass is 10.1. The van der Waals surface area contributed by atoms with Gasteiger partial charge in [0.25, 0.3) is 5.69 Å². The number of aliphatic hydroxyl groups excluding tert-OH is 2. The van der Waals surface area contributed by atoms with E-state index < -0.39 is 29.4 Å². The lowest BCUT2D eigenvalue weighted by Gasteiger charge is -2.10. The van der Waals surface area contributed by atoms with Gasteiger partial charge in [0.2, 0.25) is 5.91 Å². The van der Waals surface area contributed by atoms with Crippen molar-refractivity contribution in [2.24, 2.45) is 0 Å². The first-order valence-electron chi connectivity index (χ1n) is 7.63. The van der Waals surface area contributed by atoms with E-state index in [0.29, 0.717) is 10.5 Å². The van der Waals surface area contributed by atoms with Gasteiger partial charge in [0.1, 0.15) is 5.82 Å². The fraction of sp³-hybridized carbons (Fsp3) is 0.235. The van der Waals surface area contributed by atoms with Gasteiger partial charge >= 0.3 is 0 Å². The zero-order valence-corrected chi connectivity index (χ0v) is 14.4. The van der Waals surface area contributed by atoms with Gasteiger partial charge < -0.3 is 15.5 Å². The van der Waals surface area contributed by atoms with Gasteiger partial charge in [-0.05, 0) is 23.8 Å². The molecule has 9 heteroatoms. The predicted octanol–water partition coefficient (Wildman–Crippen LogP) is 2.36. The van der Waals surface area contributed by atoms with Crippen molar-refractivity contribution in [3.05, 3.63) is 64.0 Å². The Balaban J connectivity index is 2.10. The summed E-state index contributed by atoms with van der Waals surface area (Å²) in [4.78, 5) is 23.1. The number of non-ortho nitro benzene ring substituents is 1. The maximum Gasteiger partial charge on any atom is 0.272 e. The van der Waals surface area contributed by atoms with Crippen molar-refractivity contribution in [3.8, 4) is 0 Å². The molecule has 138 valence electrons. The molecule has 0 saturated heterocycles. The number of nitrogens with zero attached hydrogens (tertiary/aromatic N) is 1. The zero-order valence-electron chi connectivity index (χ0n) is 13.6. The normalized spacial score (nSPS) is 11.8. The Labute approximate surface area is 153 Å². The van der Waals surface area contributed by atoms with Crippen molar-refractivity contribution in [1.29, 1.82) is 0 Å². The fourth-order valence-electron chi connectivity index (χ4n) is 2.08. The number of halogens is 1. The minimum absolute atomic E-state index is 0.00528. The summed E-state index contributed by atoms with van der Waals surface area (Å²) in [6.07, 6.45) is -0.954. The van der Waals surface area contributed by atoms with E-state index >= 15 is 0 Å². The number of aliphatic hydroxyl groups is 2. The maximum absolute atomic E-state index is 12.9. The molecule has 0 saturated carbocycles. The number of nitrogens with one attached hydrogen (secondary N) is 1. The van der Waals surface area contributed by atoms with Crippen LogP contribution in [0.25, 0.3) is 0 Å². The molecule has 0 fully saturated rings. The average Bonchev–Trinajstić information content (AvgIpc) is 2.61. The number of carbonyl (C=O) groups excluding carboxylic acids is 1. The van der Waals surface area contributed by atoms with Crippen LogP contribution >= 0.6 is 11.8 Å². The minimum atomic E-state index is -0.948. The zero-order chi connectivity index (χ0) is 19.1. The first-order chi connectivity index (χ1) is 12.4. The van der Waals surface area contributed by atoms with Gasteiger partial charge in [-0.3, -0.25) is 14.9 Å². The molecule has 0 spiro atoms. The Kier molecular flexibility index (Phi) is 7.07. The highest BCUT2D eigenvalue weighted by Crippen LogP contribution is 2.28. The highest BCUT2D eigenvalue weighted by Gasteiger charge is 2.13. The molecule has 1 unspecified atom stereocenters. The van der Waals surface area contributed by atoms with Crippen molar-refractivity contribution in [2.75, 3.05) is 17.7 Å². The van der Waals surface area contributed by atoms with E-state index in [9.17, 15) is 24.4 Å². The van der Waals surface area contributed by atoms with E-state index in [1.54, 1.807) is 6.07 Å². The number of rotatable bonds is 8. The lowest BCUT2D eigenvalue weighted by Crippen LogP contribution is -2.15. The second kappa shape index (κ2) is 9.27. The van der Waals surface area contributed by atoms with Crippen LogP contribution in [0.3, 0.4) is 0 Å². The molecule has 0 aliphatic rings. The van der Waals surface area contributed by atoms with Crippen LogP contribution in [0, 0.1) is 15.9 Å². The summed E-state index contributed by atoms with van der Waals surface area (Å²) in [6, 6.07) is 9.57. The highest BCUT2D eigenvalue weighted by atomic mass is 32.2. The Hall–Kier alpha value is -2.49. The van der Waals surface area contributed by atoms with Gasteiger partial charge in [-0.2, -0.15) is 0 Å². The molecule has 7 nitrogen and oxygen atoms in total. The second-order valence-corrected chi connectivity index (χ2v) is 6.56. The van der Waals surface area contributed by atoms with Crippen molar-refractivity contribution < 1.29 is 24.3 Å². The average molecular weight is 380 g/mol. The van der Waals surface area contributed by atoms with Crippen LogP contribution in [-0.2, 0) is 11.2 Å². The Morgan fingerprint density at radius 3 is 2.58 bits per heavy atom. The molecule has 0 aliphatic carbocycles. The first-order valence-corrected chi connectivity index (χ1v) is 8.61. The Bertz CT molecular complexity index is 785. The summed E-state index contributed by atoms with van der Waals surface area (Å²) >= 11 is 1.12. The molecular formula is C17H17FN2O5S. The predicted molar refractivity (Wildman–Crippen MR) is 95.6 cm³/mol. The maximum atomic E-state index is 12.9. The standard InChI is InChI=1S/C17H17FN2O5S/c18-12-3-1-11(2-4-12)5-17(23)19-13-6-14(20(24)25)8-16(7-13)26-10-15(22)9-21/h1-4,6-8,15,21-22H,5,9-10H2,(H,19,23). The van der Waals surface area contributed by atoms with Crippen LogP contribution in [0.1, 0.15) is 5.56 Å². The van der Waals surface area contributed by atoms with Crippen molar-refractivity contribution in [3.63, 3.8) is 0 Å². The SMILES string of the molecule is O=C(Cc1ccc(F)cc1)Nc1cc(SCC(O)CO)cc([N+](=O)[O-])c1. The molecule has 0 aliphatic heterocycles. The molecule has 0 heterocycles. The molecule has 0 bridgehead atoms. The van der Waals surface area contributed by atoms with Crippen LogP contribution in [0.5, 0.6) is 0 Å². The van der Waals surface area contributed by atoms with Gasteiger partial charge in [0, 0.05) is 28.5 Å². The van der Waals surface area contributed by atoms with Crippen LogP contribution in [0.15, 0.2) is 47.4 Å². The molecular weight excluding hydrogens is 363 g/mol. The molecule has 3 N–H and O–H groups in total. The van der Waals surface area contributed by atoms with E-state index in [2.05, 4.69) is 5.32 Å². The van der Waals surface area contributed by atoms with Gasteiger partial charge in [-0.15, -0.1) is 11.8 Å². The van der Waals surface area contributed by atoms with Gasteiger partial charge in [-0.25, -0.2) is 4.39 Å². The molecule has 0 aromatic heterocycles. The number of benzene rings is 2. The summed E-state index contributed by atoms with van der Waals surface area (Å²) < 4.78 is 12.9. The lowest BCUT2D eigenvalue weighted by molar-refractivity contribution is -0.385. The van der Waals surface area contributed by atoms with Gasteiger partial charge in [-0.1, -0.05) is 12.1 Å². The van der Waals surface area contributed by atoms with Crippen LogP contribution < -0.4 is 5.32 Å². The van der Waals surface area contributed by atoms with Crippen molar-refractivity contribution in [2.45, 2.75) is 17.4 Å². The van der Waals surface area contributed by atoms with Crippen LogP contribution in [0.2, 0.25) is 0 Å². The van der Waals surface area contributed by atoms with Crippen LogP contribution in [0.4, 0.5) is 15.8 Å². The number of nitro groups is 1. The molecule has 2 aromatic rings. The van der Waals surface area contributed by atoms with Crippen molar-refractivity contribution in [1.82, 2.24) is 0 Å². The quantitative estimate of drug-likeness (QED) is 0.368. The Morgan fingerprint density at radius 2 is 1.96 bits per heavy atom. The number of nitro benzene ring substituents is 1. The van der Waals surface area contributed by atoms with E-state index in [-0.39, 0.29) is 23.5 Å². The summed E-state index contributed by atoms with van der Waals surface area (Å²) in [7, 11) is 0. The molecule has 1 atom stereocenters. The summed E-state index contributed by atoms with van der Waals surface area (Å²) in [5.74, 6) is -0.649. The Morgan fingerprint density at radius 1 is 1.27 bits per heavy atom. The molecule has 26 heavy (non-hydrogen) atoms. The third-order valence-corrected chi connectivity index (χ3v) is 4.44. The van der Waals surface area contributed by atoms with E-state index in [0.717, 1.165) is 11.8 Å². The molecule has 2 aromatic carbocycles. The third-order valence-electron chi connectivity index (χ3n) is 3.32. The number of amides is 1. The monoisotopic (exact) mass is 380 g/mol. The van der Waals surface area contributed by atoms with Gasteiger partial charge in [0.05, 0.1) is 24.1 Å². The number of anilines is 1. The van der Waals surface area contributed by atoms with E-state index in [1.807, 2.05) is 0 Å². The number of hydrogen-bond acceptors (Lipinski definition) is 6. The van der Waals surface area contributed by atoms with E-state index in [4.69, 9.17) is 5.11 Å². The largest absolute Gasteiger partial charge is 0.394 e. The summed E-state index contributed by atoms with van der Waals surface area (Å²) in [6.45, 7) is -0.414. The fourth-order valence-corrected chi connectivity index (χ4v) is 2.99. The third kappa shape index (κ3) is 6.10. The molecule has 0 radical (unpaired) electrons. The first kappa shape index (κ1) is 19.8. The molecule has 1 amide bonds. The topological polar surface area (TPSA) is 113 Å². The van der Waals surface area contributed by atoms with Crippen molar-refractivity contribution >= 4 is 29.0 Å².